The summed E-state index contributed by atoms with van der Waals surface area (Å²) in [6.45, 7) is 0.442. The molecule has 0 aliphatic heterocycles. The zero-order valence-corrected chi connectivity index (χ0v) is 10.2. The predicted octanol–water partition coefficient (Wildman–Crippen LogP) is 2.70. The largest absolute Gasteiger partial charge is 0.421 e. The van der Waals surface area contributed by atoms with Crippen molar-refractivity contribution in [2.45, 2.75) is 6.54 Å². The van der Waals surface area contributed by atoms with Crippen molar-refractivity contribution in [2.75, 3.05) is 0 Å². The lowest BCUT2D eigenvalue weighted by atomic mass is 10.2. The first-order valence-electron chi connectivity index (χ1n) is 6.00. The quantitative estimate of drug-likeness (QED) is 0.720. The second-order valence-electron chi connectivity index (χ2n) is 4.12. The Kier molecular flexibility index (Phi) is 2.98. The Morgan fingerprint density at radius 2 is 2.00 bits per heavy atom. The van der Waals surface area contributed by atoms with Crippen molar-refractivity contribution in [2.24, 2.45) is 0 Å². The Bertz CT molecular complexity index is 769. The maximum atomic E-state index is 11.7. The van der Waals surface area contributed by atoms with Crippen LogP contribution < -0.4 is 5.76 Å². The summed E-state index contributed by atoms with van der Waals surface area (Å²) in [5.41, 5.74) is 2.18. The molecule has 4 nitrogen and oxygen atoms in total. The van der Waals surface area contributed by atoms with E-state index in [1.165, 1.54) is 4.57 Å². The van der Waals surface area contributed by atoms with E-state index >= 15 is 0 Å². The van der Waals surface area contributed by atoms with E-state index in [0.29, 0.717) is 17.8 Å². The molecule has 3 aromatic rings. The molecule has 2 aromatic heterocycles. The zero-order chi connectivity index (χ0) is 13.1. The first-order chi connectivity index (χ1) is 9.34. The van der Waals surface area contributed by atoms with Crippen LogP contribution in [0.25, 0.3) is 17.3 Å². The zero-order valence-electron chi connectivity index (χ0n) is 10.2. The van der Waals surface area contributed by atoms with Gasteiger partial charge in [-0.25, -0.2) is 9.78 Å². The third-order valence-corrected chi connectivity index (χ3v) is 2.82. The van der Waals surface area contributed by atoms with Crippen molar-refractivity contribution < 1.29 is 4.42 Å². The van der Waals surface area contributed by atoms with Crippen LogP contribution in [0.15, 0.2) is 63.9 Å². The molecule has 0 aliphatic rings. The van der Waals surface area contributed by atoms with Crippen molar-refractivity contribution in [3.63, 3.8) is 0 Å². The van der Waals surface area contributed by atoms with Gasteiger partial charge in [0.25, 0.3) is 0 Å². The molecule has 0 bridgehead atoms. The van der Waals surface area contributed by atoms with Gasteiger partial charge in [-0.1, -0.05) is 42.5 Å². The smallest absolute Gasteiger partial charge is 0.406 e. The minimum Gasteiger partial charge on any atom is -0.406 e. The fourth-order valence-electron chi connectivity index (χ4n) is 1.92. The van der Waals surface area contributed by atoms with Crippen molar-refractivity contribution in [3.05, 3.63) is 70.9 Å². The molecule has 0 saturated carbocycles. The Hall–Kier alpha value is -2.62. The topological polar surface area (TPSA) is 48.0 Å². The van der Waals surface area contributed by atoms with Crippen LogP contribution in [-0.4, -0.2) is 9.55 Å². The van der Waals surface area contributed by atoms with Crippen molar-refractivity contribution in [3.8, 4) is 0 Å². The van der Waals surface area contributed by atoms with Crippen LogP contribution in [0.4, 0.5) is 0 Å². The second kappa shape index (κ2) is 4.94. The van der Waals surface area contributed by atoms with E-state index < -0.39 is 0 Å². The highest BCUT2D eigenvalue weighted by molar-refractivity contribution is 5.67. The summed E-state index contributed by atoms with van der Waals surface area (Å²) >= 11 is 0. The van der Waals surface area contributed by atoms with Crippen LogP contribution in [0.3, 0.4) is 0 Å². The molecule has 0 fully saturated rings. The molecule has 4 heteroatoms. The summed E-state index contributed by atoms with van der Waals surface area (Å²) in [7, 11) is 0. The van der Waals surface area contributed by atoms with E-state index in [0.717, 1.165) is 5.56 Å². The minimum absolute atomic E-state index is 0.383. The van der Waals surface area contributed by atoms with Gasteiger partial charge < -0.3 is 4.42 Å². The Labute approximate surface area is 109 Å². The van der Waals surface area contributed by atoms with E-state index in [1.807, 2.05) is 42.5 Å². The van der Waals surface area contributed by atoms with E-state index in [4.69, 9.17) is 4.42 Å². The third-order valence-electron chi connectivity index (χ3n) is 2.82. The predicted molar refractivity (Wildman–Crippen MR) is 73.7 cm³/mol. The van der Waals surface area contributed by atoms with Crippen LogP contribution in [-0.2, 0) is 6.54 Å². The van der Waals surface area contributed by atoms with Crippen LogP contribution >= 0.6 is 0 Å². The molecule has 0 aliphatic carbocycles. The minimum atomic E-state index is -0.383. The van der Waals surface area contributed by atoms with E-state index in [2.05, 4.69) is 4.98 Å². The summed E-state index contributed by atoms with van der Waals surface area (Å²) in [4.78, 5) is 15.9. The molecule has 19 heavy (non-hydrogen) atoms. The van der Waals surface area contributed by atoms with E-state index in [1.54, 1.807) is 18.3 Å². The van der Waals surface area contributed by atoms with Gasteiger partial charge in [0.2, 0.25) is 0 Å². The molecule has 0 radical (unpaired) electrons. The lowest BCUT2D eigenvalue weighted by molar-refractivity contribution is 0.520. The third kappa shape index (κ3) is 2.33. The van der Waals surface area contributed by atoms with Crippen molar-refractivity contribution in [1.82, 2.24) is 9.55 Å². The van der Waals surface area contributed by atoms with Gasteiger partial charge >= 0.3 is 5.76 Å². The number of pyridine rings is 1. The SMILES string of the molecule is O=c1oc2cccnc2n1CC=Cc1ccccc1. The highest BCUT2D eigenvalue weighted by atomic mass is 16.4. The fourth-order valence-corrected chi connectivity index (χ4v) is 1.92. The lowest BCUT2D eigenvalue weighted by Crippen LogP contribution is -2.13. The normalized spacial score (nSPS) is 11.4. The van der Waals surface area contributed by atoms with Gasteiger partial charge in [-0.2, -0.15) is 0 Å². The van der Waals surface area contributed by atoms with Crippen molar-refractivity contribution >= 4 is 17.3 Å². The van der Waals surface area contributed by atoms with Crippen LogP contribution in [0.2, 0.25) is 0 Å². The van der Waals surface area contributed by atoms with E-state index in [9.17, 15) is 4.79 Å². The van der Waals surface area contributed by atoms with E-state index in [-0.39, 0.29) is 5.76 Å². The molecule has 94 valence electrons. The van der Waals surface area contributed by atoms with Crippen LogP contribution in [0, 0.1) is 0 Å². The molecule has 0 N–H and O–H groups in total. The number of allylic oxidation sites excluding steroid dienone is 1. The number of rotatable bonds is 3. The van der Waals surface area contributed by atoms with Crippen molar-refractivity contribution in [1.29, 1.82) is 0 Å². The van der Waals surface area contributed by atoms with Gasteiger partial charge in [0.15, 0.2) is 11.2 Å². The molecule has 2 heterocycles. The monoisotopic (exact) mass is 252 g/mol. The number of oxazole rings is 1. The molecular weight excluding hydrogens is 240 g/mol. The van der Waals surface area contributed by atoms with Gasteiger partial charge in [-0.15, -0.1) is 0 Å². The molecule has 1 aromatic carbocycles. The van der Waals surface area contributed by atoms with Gasteiger partial charge in [-0.3, -0.25) is 4.57 Å². The number of aromatic nitrogens is 2. The highest BCUT2D eigenvalue weighted by Crippen LogP contribution is 2.09. The fraction of sp³-hybridized carbons (Fsp3) is 0.0667. The molecule has 3 rings (SSSR count). The average molecular weight is 252 g/mol. The van der Waals surface area contributed by atoms with Gasteiger partial charge in [0.1, 0.15) is 0 Å². The summed E-state index contributed by atoms with van der Waals surface area (Å²) in [6, 6.07) is 13.4. The summed E-state index contributed by atoms with van der Waals surface area (Å²) < 4.78 is 6.62. The van der Waals surface area contributed by atoms with Gasteiger partial charge in [-0.05, 0) is 17.7 Å². The standard InChI is InChI=1S/C15H12N2O2/c18-15-17(14-13(19-15)9-4-10-16-14)11-5-8-12-6-2-1-3-7-12/h1-10H,11H2. The molecule has 0 spiro atoms. The molecule has 0 unspecified atom stereocenters. The first-order valence-corrected chi connectivity index (χ1v) is 6.00. The molecule has 0 atom stereocenters. The Morgan fingerprint density at radius 1 is 1.16 bits per heavy atom. The van der Waals surface area contributed by atoms with Gasteiger partial charge in [0.05, 0.1) is 0 Å². The summed E-state index contributed by atoms with van der Waals surface area (Å²) in [6.07, 6.45) is 5.53. The summed E-state index contributed by atoms with van der Waals surface area (Å²) in [5.74, 6) is -0.383. The number of hydrogen-bond acceptors (Lipinski definition) is 3. The maximum Gasteiger partial charge on any atom is 0.421 e. The second-order valence-corrected chi connectivity index (χ2v) is 4.12. The van der Waals surface area contributed by atoms with Crippen LogP contribution in [0.5, 0.6) is 0 Å². The number of hydrogen-bond donors (Lipinski definition) is 0. The first kappa shape index (κ1) is 11.5. The number of nitrogens with zero attached hydrogens (tertiary/aromatic N) is 2. The number of benzene rings is 1. The maximum absolute atomic E-state index is 11.7. The molecule has 0 amide bonds. The van der Waals surface area contributed by atoms with Gasteiger partial charge in [0, 0.05) is 12.7 Å². The Morgan fingerprint density at radius 3 is 2.84 bits per heavy atom. The summed E-state index contributed by atoms with van der Waals surface area (Å²) in [5, 5.41) is 0. The average Bonchev–Trinajstić information content (AvgIpc) is 2.76. The lowest BCUT2D eigenvalue weighted by Gasteiger charge is -1.96. The highest BCUT2D eigenvalue weighted by Gasteiger charge is 2.07. The molecule has 0 saturated heterocycles. The Balaban J connectivity index is 1.88. The molecular formula is C15H12N2O2. The number of fused-ring (bicyclic) bond motifs is 1. The van der Waals surface area contributed by atoms with Crippen LogP contribution in [0.1, 0.15) is 5.56 Å².